The van der Waals surface area contributed by atoms with Crippen molar-refractivity contribution < 1.29 is 14.3 Å². The van der Waals surface area contributed by atoms with Gasteiger partial charge in [0.25, 0.3) is 0 Å². The number of esters is 1. The summed E-state index contributed by atoms with van der Waals surface area (Å²) in [5, 5.41) is 2.32. The van der Waals surface area contributed by atoms with Gasteiger partial charge in [-0.2, -0.15) is 0 Å². The van der Waals surface area contributed by atoms with Crippen LogP contribution in [0.25, 0.3) is 0 Å². The molecule has 1 heterocycles. The van der Waals surface area contributed by atoms with Crippen LogP contribution < -0.4 is 10.6 Å². The number of carbonyl (C=O) groups is 2. The van der Waals surface area contributed by atoms with Crippen LogP contribution >= 0.6 is 11.3 Å². The third kappa shape index (κ3) is 4.30. The number of anilines is 3. The van der Waals surface area contributed by atoms with Gasteiger partial charge in [-0.05, 0) is 49.6 Å². The lowest BCUT2D eigenvalue weighted by Crippen LogP contribution is -2.23. The fraction of sp³-hybridized carbons (Fsp3) is 0.227. The summed E-state index contributed by atoms with van der Waals surface area (Å²) in [6.07, 6.45) is 0. The lowest BCUT2D eigenvalue weighted by Gasteiger charge is -2.21. The zero-order valence-corrected chi connectivity index (χ0v) is 17.7. The van der Waals surface area contributed by atoms with E-state index in [-0.39, 0.29) is 12.5 Å². The van der Waals surface area contributed by atoms with Crippen LogP contribution in [0.15, 0.2) is 41.8 Å². The number of ether oxygens (including phenoxy) is 1. The number of thiazole rings is 1. The summed E-state index contributed by atoms with van der Waals surface area (Å²) in [5.74, 6) is -0.636. The largest absolute Gasteiger partial charge is 0.455 e. The van der Waals surface area contributed by atoms with Gasteiger partial charge in [0.2, 0.25) is 5.91 Å². The number of aromatic nitrogens is 1. The second-order valence-electron chi connectivity index (χ2n) is 6.81. The first-order valence-corrected chi connectivity index (χ1v) is 10.0. The Morgan fingerprint density at radius 1 is 1.10 bits per heavy atom. The number of nitrogens with zero attached hydrogens (tertiary/aromatic N) is 2. The van der Waals surface area contributed by atoms with E-state index in [9.17, 15) is 9.59 Å². The van der Waals surface area contributed by atoms with Crippen molar-refractivity contribution in [2.24, 2.45) is 0 Å². The van der Waals surface area contributed by atoms with Gasteiger partial charge in [0.15, 0.2) is 5.13 Å². The number of aryl methyl sites for hydroxylation is 2. The molecule has 0 spiro atoms. The average Bonchev–Trinajstić information content (AvgIpc) is 3.14. The summed E-state index contributed by atoms with van der Waals surface area (Å²) in [5.41, 5.74) is 11.0. The van der Waals surface area contributed by atoms with Gasteiger partial charge < -0.3 is 10.5 Å². The summed E-state index contributed by atoms with van der Waals surface area (Å²) < 4.78 is 5.37. The van der Waals surface area contributed by atoms with Crippen LogP contribution in [0.3, 0.4) is 0 Å². The molecule has 0 atom stereocenters. The number of nitrogens with two attached hydrogens (primary N) is 1. The molecule has 0 radical (unpaired) electrons. The molecule has 6 nitrogen and oxygen atoms in total. The molecule has 2 N–H and O–H groups in total. The van der Waals surface area contributed by atoms with Crippen molar-refractivity contribution in [3.05, 3.63) is 69.7 Å². The predicted octanol–water partition coefficient (Wildman–Crippen LogP) is 4.69. The van der Waals surface area contributed by atoms with Crippen molar-refractivity contribution in [1.29, 1.82) is 0 Å². The number of benzene rings is 2. The van der Waals surface area contributed by atoms with E-state index < -0.39 is 5.97 Å². The van der Waals surface area contributed by atoms with E-state index in [2.05, 4.69) is 4.98 Å². The molecular formula is C22H23N3O3S. The second kappa shape index (κ2) is 8.45. The Hall–Kier alpha value is -3.19. The minimum absolute atomic E-state index is 0.00125. The van der Waals surface area contributed by atoms with Crippen LogP contribution in [0.4, 0.5) is 16.5 Å². The second-order valence-corrected chi connectivity index (χ2v) is 7.64. The lowest BCUT2D eigenvalue weighted by atomic mass is 10.1. The molecule has 1 aromatic heterocycles. The SMILES string of the molecule is CC(=O)N(c1nc(COC(=O)c2cccc(C)c2N)cs1)c1cccc(C)c1C. The number of nitrogen functional groups attached to an aromatic ring is 1. The number of hydrogen-bond donors (Lipinski definition) is 1. The van der Waals surface area contributed by atoms with Crippen LogP contribution in [0, 0.1) is 20.8 Å². The highest BCUT2D eigenvalue weighted by molar-refractivity contribution is 7.14. The highest BCUT2D eigenvalue weighted by Crippen LogP contribution is 2.32. The molecule has 0 fully saturated rings. The Labute approximate surface area is 173 Å². The first-order valence-electron chi connectivity index (χ1n) is 9.13. The van der Waals surface area contributed by atoms with Crippen molar-refractivity contribution in [2.45, 2.75) is 34.3 Å². The smallest absolute Gasteiger partial charge is 0.340 e. The average molecular weight is 410 g/mol. The van der Waals surface area contributed by atoms with E-state index in [4.69, 9.17) is 10.5 Å². The standard InChI is InChI=1S/C22H23N3O3S/c1-13-7-6-10-19(15(13)3)25(16(4)26)22-24-17(12-29-22)11-28-21(27)18-9-5-8-14(2)20(18)23/h5-10,12H,11,23H2,1-4H3. The van der Waals surface area contributed by atoms with E-state index in [0.29, 0.717) is 22.1 Å². The van der Waals surface area contributed by atoms with Gasteiger partial charge >= 0.3 is 5.97 Å². The Kier molecular flexibility index (Phi) is 5.98. The molecule has 29 heavy (non-hydrogen) atoms. The molecule has 150 valence electrons. The van der Waals surface area contributed by atoms with E-state index in [1.807, 2.05) is 45.0 Å². The zero-order chi connectivity index (χ0) is 21.1. The molecule has 0 aliphatic rings. The van der Waals surface area contributed by atoms with Crippen molar-refractivity contribution in [3.8, 4) is 0 Å². The van der Waals surface area contributed by atoms with Crippen molar-refractivity contribution in [3.63, 3.8) is 0 Å². The summed E-state index contributed by atoms with van der Waals surface area (Å²) >= 11 is 1.33. The van der Waals surface area contributed by atoms with E-state index in [0.717, 1.165) is 22.4 Å². The van der Waals surface area contributed by atoms with Crippen LogP contribution in [0.5, 0.6) is 0 Å². The molecule has 0 aliphatic heterocycles. The van der Waals surface area contributed by atoms with E-state index >= 15 is 0 Å². The summed E-state index contributed by atoms with van der Waals surface area (Å²) in [4.78, 5) is 30.8. The minimum Gasteiger partial charge on any atom is -0.455 e. The summed E-state index contributed by atoms with van der Waals surface area (Å²) in [6, 6.07) is 11.0. The van der Waals surface area contributed by atoms with Crippen LogP contribution in [-0.4, -0.2) is 16.9 Å². The molecule has 7 heteroatoms. The fourth-order valence-electron chi connectivity index (χ4n) is 2.93. The maximum Gasteiger partial charge on any atom is 0.340 e. The molecule has 2 aromatic carbocycles. The third-order valence-electron chi connectivity index (χ3n) is 4.76. The molecule has 0 unspecified atom stereocenters. The molecule has 0 bridgehead atoms. The highest BCUT2D eigenvalue weighted by atomic mass is 32.1. The molecule has 3 rings (SSSR count). The molecule has 0 saturated heterocycles. The van der Waals surface area contributed by atoms with Crippen LogP contribution in [0.1, 0.15) is 39.7 Å². The number of hydrogen-bond acceptors (Lipinski definition) is 6. The van der Waals surface area contributed by atoms with E-state index in [1.165, 1.54) is 18.3 Å². The maximum atomic E-state index is 12.4. The van der Waals surface area contributed by atoms with Gasteiger partial charge in [-0.3, -0.25) is 9.69 Å². The highest BCUT2D eigenvalue weighted by Gasteiger charge is 2.21. The zero-order valence-electron chi connectivity index (χ0n) is 16.9. The first kappa shape index (κ1) is 20.5. The predicted molar refractivity (Wildman–Crippen MR) is 116 cm³/mol. The van der Waals surface area contributed by atoms with Gasteiger partial charge in [0, 0.05) is 18.0 Å². The number of para-hydroxylation sites is 1. The summed E-state index contributed by atoms with van der Waals surface area (Å²) in [6.45, 7) is 7.32. The quantitative estimate of drug-likeness (QED) is 0.488. The Morgan fingerprint density at radius 3 is 2.52 bits per heavy atom. The first-order chi connectivity index (χ1) is 13.8. The monoisotopic (exact) mass is 409 g/mol. The van der Waals surface area contributed by atoms with Crippen molar-refractivity contribution in [2.75, 3.05) is 10.6 Å². The number of rotatable bonds is 5. The minimum atomic E-state index is -0.501. The topological polar surface area (TPSA) is 85.5 Å². The third-order valence-corrected chi connectivity index (χ3v) is 5.63. The van der Waals surface area contributed by atoms with Gasteiger partial charge in [-0.25, -0.2) is 9.78 Å². The number of amides is 1. The molecular weight excluding hydrogens is 386 g/mol. The van der Waals surface area contributed by atoms with Crippen molar-refractivity contribution >= 4 is 39.7 Å². The molecule has 0 aliphatic carbocycles. The fourth-order valence-corrected chi connectivity index (χ4v) is 3.79. The normalized spacial score (nSPS) is 10.6. The molecule has 0 saturated carbocycles. The lowest BCUT2D eigenvalue weighted by molar-refractivity contribution is -0.115. The summed E-state index contributed by atoms with van der Waals surface area (Å²) in [7, 11) is 0. The van der Waals surface area contributed by atoms with Gasteiger partial charge in [0.05, 0.1) is 16.9 Å². The number of carbonyl (C=O) groups excluding carboxylic acids is 2. The molecule has 1 amide bonds. The van der Waals surface area contributed by atoms with Gasteiger partial charge in [-0.1, -0.05) is 24.3 Å². The van der Waals surface area contributed by atoms with Crippen LogP contribution in [-0.2, 0) is 16.1 Å². The molecule has 3 aromatic rings. The van der Waals surface area contributed by atoms with E-state index in [1.54, 1.807) is 22.4 Å². The Bertz CT molecular complexity index is 1070. The van der Waals surface area contributed by atoms with Crippen LogP contribution in [0.2, 0.25) is 0 Å². The maximum absolute atomic E-state index is 12.4. The van der Waals surface area contributed by atoms with Crippen molar-refractivity contribution in [1.82, 2.24) is 4.98 Å². The van der Waals surface area contributed by atoms with Gasteiger partial charge in [0.1, 0.15) is 6.61 Å². The Morgan fingerprint density at radius 2 is 1.79 bits per heavy atom. The van der Waals surface area contributed by atoms with Gasteiger partial charge in [-0.15, -0.1) is 11.3 Å². The Balaban J connectivity index is 1.79.